The summed E-state index contributed by atoms with van der Waals surface area (Å²) in [6.45, 7) is 2.58. The highest BCUT2D eigenvalue weighted by atomic mass is 32.2. The first kappa shape index (κ1) is 20.6. The van der Waals surface area contributed by atoms with Gasteiger partial charge in [-0.3, -0.25) is 4.90 Å². The number of thiophene rings is 1. The van der Waals surface area contributed by atoms with Gasteiger partial charge in [-0.1, -0.05) is 18.2 Å². The van der Waals surface area contributed by atoms with Crippen molar-refractivity contribution >= 4 is 36.7 Å². The minimum absolute atomic E-state index is 0.100. The van der Waals surface area contributed by atoms with Crippen LogP contribution in [-0.2, 0) is 19.7 Å². The highest BCUT2D eigenvalue weighted by Gasteiger charge is 2.49. The van der Waals surface area contributed by atoms with Crippen molar-refractivity contribution in [2.24, 2.45) is 0 Å². The lowest BCUT2D eigenvalue weighted by Gasteiger charge is -2.40. The Labute approximate surface area is 175 Å². The fourth-order valence-corrected chi connectivity index (χ4v) is 10.2. The molecule has 7 nitrogen and oxygen atoms in total. The SMILES string of the molecule is COc1ccccc1N1CCN([C@H]2CS(=O)(=O)C[C@@H]2S(=O)(=O)c2cccs2)CC1. The van der Waals surface area contributed by atoms with Crippen molar-refractivity contribution in [2.75, 3.05) is 49.7 Å². The van der Waals surface area contributed by atoms with Gasteiger partial charge in [0, 0.05) is 32.2 Å². The maximum atomic E-state index is 13.1. The van der Waals surface area contributed by atoms with E-state index >= 15 is 0 Å². The Bertz CT molecular complexity index is 1060. The summed E-state index contributed by atoms with van der Waals surface area (Å²) in [7, 11) is -5.43. The molecule has 29 heavy (non-hydrogen) atoms. The predicted octanol–water partition coefficient (Wildman–Crippen LogP) is 1.52. The van der Waals surface area contributed by atoms with Crippen molar-refractivity contribution in [2.45, 2.75) is 15.5 Å². The van der Waals surface area contributed by atoms with E-state index in [0.29, 0.717) is 26.2 Å². The molecule has 1 aromatic heterocycles. The molecule has 4 rings (SSSR count). The van der Waals surface area contributed by atoms with E-state index in [2.05, 4.69) is 4.90 Å². The number of benzene rings is 1. The molecule has 0 amide bonds. The van der Waals surface area contributed by atoms with Crippen LogP contribution in [-0.4, -0.2) is 77.8 Å². The number of hydrogen-bond acceptors (Lipinski definition) is 8. The number of hydrogen-bond donors (Lipinski definition) is 0. The van der Waals surface area contributed by atoms with Crippen LogP contribution in [0.4, 0.5) is 5.69 Å². The molecule has 1 aromatic carbocycles. The van der Waals surface area contributed by atoms with Crippen LogP contribution in [0.15, 0.2) is 46.0 Å². The molecular formula is C19H24N2O5S3. The average Bonchev–Trinajstić information content (AvgIpc) is 3.36. The second-order valence-corrected chi connectivity index (χ2v) is 12.8. The van der Waals surface area contributed by atoms with Gasteiger partial charge in [0.1, 0.15) is 9.96 Å². The standard InChI is InChI=1S/C19H24N2O5S3/c1-26-17-6-3-2-5-15(17)20-8-10-21(11-9-20)16-13-28(22,23)14-18(16)29(24,25)19-7-4-12-27-19/h2-7,12,16,18H,8-11,13-14H2,1H3/t16-,18-/m0/s1. The molecule has 158 valence electrons. The molecule has 2 atom stereocenters. The highest BCUT2D eigenvalue weighted by molar-refractivity contribution is 7.97. The fourth-order valence-electron chi connectivity index (χ4n) is 4.19. The minimum atomic E-state index is -3.68. The van der Waals surface area contributed by atoms with Gasteiger partial charge < -0.3 is 9.64 Å². The number of methoxy groups -OCH3 is 1. The van der Waals surface area contributed by atoms with E-state index in [-0.39, 0.29) is 15.7 Å². The molecule has 0 bridgehead atoms. The van der Waals surface area contributed by atoms with Gasteiger partial charge in [-0.25, -0.2) is 16.8 Å². The smallest absolute Gasteiger partial charge is 0.193 e. The maximum Gasteiger partial charge on any atom is 0.193 e. The van der Waals surface area contributed by atoms with Crippen LogP contribution in [0.5, 0.6) is 5.75 Å². The van der Waals surface area contributed by atoms with E-state index in [1.807, 2.05) is 29.2 Å². The Hall–Kier alpha value is -1.62. The van der Waals surface area contributed by atoms with Crippen molar-refractivity contribution in [1.29, 1.82) is 0 Å². The van der Waals surface area contributed by atoms with Crippen LogP contribution in [0, 0.1) is 0 Å². The molecule has 2 aliphatic rings. The van der Waals surface area contributed by atoms with Crippen molar-refractivity contribution in [3.63, 3.8) is 0 Å². The lowest BCUT2D eigenvalue weighted by atomic mass is 10.1. The Morgan fingerprint density at radius 3 is 2.41 bits per heavy atom. The zero-order valence-electron chi connectivity index (χ0n) is 16.1. The maximum absolute atomic E-state index is 13.1. The average molecular weight is 457 g/mol. The van der Waals surface area contributed by atoms with Gasteiger partial charge in [0.2, 0.25) is 0 Å². The minimum Gasteiger partial charge on any atom is -0.495 e. The van der Waals surface area contributed by atoms with Gasteiger partial charge >= 0.3 is 0 Å². The second kappa shape index (κ2) is 7.90. The molecule has 0 aliphatic carbocycles. The molecule has 2 aliphatic heterocycles. The van der Waals surface area contributed by atoms with E-state index in [1.54, 1.807) is 24.6 Å². The summed E-state index contributed by atoms with van der Waals surface area (Å²) < 4.78 is 56.6. The first-order chi connectivity index (χ1) is 13.8. The number of nitrogens with zero attached hydrogens (tertiary/aromatic N) is 2. The van der Waals surface area contributed by atoms with Crippen molar-refractivity contribution in [1.82, 2.24) is 4.90 Å². The number of rotatable bonds is 5. The third kappa shape index (κ3) is 4.03. The molecule has 0 spiro atoms. The van der Waals surface area contributed by atoms with Crippen molar-refractivity contribution < 1.29 is 21.6 Å². The fraction of sp³-hybridized carbons (Fsp3) is 0.474. The van der Waals surface area contributed by atoms with Gasteiger partial charge in [0.05, 0.1) is 29.6 Å². The Kier molecular flexibility index (Phi) is 5.62. The number of ether oxygens (including phenoxy) is 1. The summed E-state index contributed by atoms with van der Waals surface area (Å²) >= 11 is 1.14. The molecular weight excluding hydrogens is 432 g/mol. The third-order valence-electron chi connectivity index (χ3n) is 5.66. The summed E-state index contributed by atoms with van der Waals surface area (Å²) in [6.07, 6.45) is 0. The van der Waals surface area contributed by atoms with Crippen LogP contribution < -0.4 is 9.64 Å². The number of piperazine rings is 1. The summed E-state index contributed by atoms with van der Waals surface area (Å²) in [5.74, 6) is 0.393. The molecule has 0 saturated carbocycles. The third-order valence-corrected chi connectivity index (χ3v) is 11.2. The first-order valence-corrected chi connectivity index (χ1v) is 13.7. The Morgan fingerprint density at radius 2 is 1.76 bits per heavy atom. The topological polar surface area (TPSA) is 84.0 Å². The Balaban J connectivity index is 1.53. The van der Waals surface area contributed by atoms with Gasteiger partial charge in [-0.05, 0) is 23.6 Å². The largest absolute Gasteiger partial charge is 0.495 e. The van der Waals surface area contributed by atoms with Crippen LogP contribution >= 0.6 is 11.3 Å². The van der Waals surface area contributed by atoms with E-state index < -0.39 is 31.0 Å². The van der Waals surface area contributed by atoms with Crippen LogP contribution in [0.3, 0.4) is 0 Å². The molecule has 0 N–H and O–H groups in total. The number of anilines is 1. The quantitative estimate of drug-likeness (QED) is 0.674. The molecule has 3 heterocycles. The molecule has 2 fully saturated rings. The molecule has 2 saturated heterocycles. The van der Waals surface area contributed by atoms with E-state index in [4.69, 9.17) is 4.74 Å². The van der Waals surface area contributed by atoms with Crippen molar-refractivity contribution in [3.05, 3.63) is 41.8 Å². The monoisotopic (exact) mass is 456 g/mol. The van der Waals surface area contributed by atoms with E-state index in [0.717, 1.165) is 22.8 Å². The van der Waals surface area contributed by atoms with Crippen LogP contribution in [0.25, 0.3) is 0 Å². The van der Waals surface area contributed by atoms with Crippen LogP contribution in [0.1, 0.15) is 0 Å². The van der Waals surface area contributed by atoms with E-state index in [9.17, 15) is 16.8 Å². The molecule has 10 heteroatoms. The molecule has 2 aromatic rings. The van der Waals surface area contributed by atoms with Gasteiger partial charge in [-0.2, -0.15) is 0 Å². The van der Waals surface area contributed by atoms with Gasteiger partial charge in [0.25, 0.3) is 0 Å². The lowest BCUT2D eigenvalue weighted by molar-refractivity contribution is 0.201. The zero-order valence-corrected chi connectivity index (χ0v) is 18.5. The zero-order chi connectivity index (χ0) is 20.6. The first-order valence-electron chi connectivity index (χ1n) is 9.42. The van der Waals surface area contributed by atoms with E-state index in [1.165, 1.54) is 0 Å². The van der Waals surface area contributed by atoms with Gasteiger partial charge in [0.15, 0.2) is 19.7 Å². The number of sulfone groups is 2. The summed E-state index contributed by atoms with van der Waals surface area (Å²) in [5, 5.41) is 0.793. The molecule has 0 radical (unpaired) electrons. The van der Waals surface area contributed by atoms with Crippen LogP contribution in [0.2, 0.25) is 0 Å². The lowest BCUT2D eigenvalue weighted by Crippen LogP contribution is -2.55. The van der Waals surface area contributed by atoms with Crippen molar-refractivity contribution in [3.8, 4) is 5.75 Å². The summed E-state index contributed by atoms with van der Waals surface area (Å²) in [4.78, 5) is 4.23. The molecule has 0 unspecified atom stereocenters. The summed E-state index contributed by atoms with van der Waals surface area (Å²) in [6, 6.07) is 10.5. The second-order valence-electron chi connectivity index (χ2n) is 7.35. The highest BCUT2D eigenvalue weighted by Crippen LogP contribution is 2.33. The Morgan fingerprint density at radius 1 is 1.03 bits per heavy atom. The predicted molar refractivity (Wildman–Crippen MR) is 115 cm³/mol. The normalized spacial score (nSPS) is 25.2. The van der Waals surface area contributed by atoms with Gasteiger partial charge in [-0.15, -0.1) is 11.3 Å². The number of para-hydroxylation sites is 2. The summed E-state index contributed by atoms with van der Waals surface area (Å²) in [5.41, 5.74) is 0.997.